The van der Waals surface area contributed by atoms with Crippen molar-refractivity contribution in [2.24, 2.45) is 10.8 Å². The number of nitrogens with one attached hydrogen (secondary N) is 1. The second-order valence-corrected chi connectivity index (χ2v) is 4.82. The number of hydrogen-bond acceptors (Lipinski definition) is 3. The summed E-state index contributed by atoms with van der Waals surface area (Å²) >= 11 is 4.75. The van der Waals surface area contributed by atoms with Crippen molar-refractivity contribution in [3.63, 3.8) is 0 Å². The van der Waals surface area contributed by atoms with Crippen molar-refractivity contribution >= 4 is 29.1 Å². The molecule has 0 aliphatic rings. The van der Waals surface area contributed by atoms with Crippen LogP contribution in [0.3, 0.4) is 0 Å². The molecule has 0 fully saturated rings. The van der Waals surface area contributed by atoms with E-state index in [1.165, 1.54) is 0 Å². The summed E-state index contributed by atoms with van der Waals surface area (Å²) in [6, 6.07) is 10.1. The SMILES string of the molecule is CN(C)CCC(C=Cc1ccccc1)=NNC(N)=S. The molecule has 102 valence electrons. The fourth-order valence-corrected chi connectivity index (χ4v) is 1.44. The molecule has 19 heavy (non-hydrogen) atoms. The molecule has 0 saturated carbocycles. The molecule has 1 aromatic rings. The van der Waals surface area contributed by atoms with Gasteiger partial charge in [-0.3, -0.25) is 5.43 Å². The molecule has 0 atom stereocenters. The van der Waals surface area contributed by atoms with Crippen molar-refractivity contribution in [2.75, 3.05) is 20.6 Å². The number of hydrazone groups is 1. The molecule has 0 aromatic heterocycles. The van der Waals surface area contributed by atoms with E-state index in [0.717, 1.165) is 24.2 Å². The first-order valence-corrected chi connectivity index (χ1v) is 6.48. The smallest absolute Gasteiger partial charge is 0.184 e. The van der Waals surface area contributed by atoms with E-state index >= 15 is 0 Å². The zero-order chi connectivity index (χ0) is 14.1. The van der Waals surface area contributed by atoms with E-state index in [4.69, 9.17) is 18.0 Å². The molecule has 3 N–H and O–H groups in total. The van der Waals surface area contributed by atoms with Crippen LogP contribution in [0.25, 0.3) is 6.08 Å². The van der Waals surface area contributed by atoms with Gasteiger partial charge < -0.3 is 10.6 Å². The van der Waals surface area contributed by atoms with Crippen molar-refractivity contribution < 1.29 is 0 Å². The highest BCUT2D eigenvalue weighted by atomic mass is 32.1. The number of benzene rings is 1. The van der Waals surface area contributed by atoms with Crippen LogP contribution in [-0.4, -0.2) is 36.4 Å². The molecule has 1 aromatic carbocycles. The third-order valence-corrected chi connectivity index (χ3v) is 2.48. The Labute approximate surface area is 120 Å². The van der Waals surface area contributed by atoms with E-state index in [1.54, 1.807) is 0 Å². The van der Waals surface area contributed by atoms with Crippen molar-refractivity contribution in [3.05, 3.63) is 42.0 Å². The van der Waals surface area contributed by atoms with Gasteiger partial charge in [0.1, 0.15) is 0 Å². The van der Waals surface area contributed by atoms with Crippen LogP contribution in [0.5, 0.6) is 0 Å². The van der Waals surface area contributed by atoms with Gasteiger partial charge in [-0.05, 0) is 38.0 Å². The third kappa shape index (κ3) is 7.33. The van der Waals surface area contributed by atoms with Crippen molar-refractivity contribution in [2.45, 2.75) is 6.42 Å². The number of thiocarbonyl (C=S) groups is 1. The summed E-state index contributed by atoms with van der Waals surface area (Å²) in [6.07, 6.45) is 4.83. The first-order chi connectivity index (χ1) is 9.08. The van der Waals surface area contributed by atoms with E-state index in [2.05, 4.69) is 15.4 Å². The van der Waals surface area contributed by atoms with Gasteiger partial charge in [0, 0.05) is 13.0 Å². The van der Waals surface area contributed by atoms with Gasteiger partial charge in [0.25, 0.3) is 0 Å². The Morgan fingerprint density at radius 2 is 2.05 bits per heavy atom. The van der Waals surface area contributed by atoms with Crippen molar-refractivity contribution in [1.82, 2.24) is 10.3 Å². The van der Waals surface area contributed by atoms with Gasteiger partial charge >= 0.3 is 0 Å². The summed E-state index contributed by atoms with van der Waals surface area (Å²) in [4.78, 5) is 2.10. The minimum absolute atomic E-state index is 0.176. The van der Waals surface area contributed by atoms with E-state index in [1.807, 2.05) is 56.6 Å². The monoisotopic (exact) mass is 276 g/mol. The first kappa shape index (κ1) is 15.3. The zero-order valence-corrected chi connectivity index (χ0v) is 12.2. The van der Waals surface area contributed by atoms with E-state index in [-0.39, 0.29) is 5.11 Å². The average Bonchev–Trinajstić information content (AvgIpc) is 2.38. The maximum absolute atomic E-state index is 5.38. The van der Waals surface area contributed by atoms with E-state index in [0.29, 0.717) is 0 Å². The van der Waals surface area contributed by atoms with Gasteiger partial charge in [0.2, 0.25) is 0 Å². The Morgan fingerprint density at radius 3 is 2.63 bits per heavy atom. The minimum atomic E-state index is 0.176. The molecule has 0 saturated heterocycles. The lowest BCUT2D eigenvalue weighted by atomic mass is 10.1. The van der Waals surface area contributed by atoms with Crippen LogP contribution in [0.4, 0.5) is 0 Å². The fraction of sp³-hybridized carbons (Fsp3) is 0.286. The Morgan fingerprint density at radius 1 is 1.37 bits per heavy atom. The summed E-state index contributed by atoms with van der Waals surface area (Å²) in [5, 5.41) is 4.37. The second-order valence-electron chi connectivity index (χ2n) is 4.38. The Balaban J connectivity index is 2.70. The number of nitrogens with zero attached hydrogens (tertiary/aromatic N) is 2. The highest BCUT2D eigenvalue weighted by molar-refractivity contribution is 7.80. The molecule has 0 unspecified atom stereocenters. The highest BCUT2D eigenvalue weighted by Gasteiger charge is 1.98. The van der Waals surface area contributed by atoms with Crippen molar-refractivity contribution in [1.29, 1.82) is 0 Å². The zero-order valence-electron chi connectivity index (χ0n) is 11.3. The van der Waals surface area contributed by atoms with Gasteiger partial charge in [0.05, 0.1) is 5.71 Å². The fourth-order valence-electron chi connectivity index (χ4n) is 1.40. The number of allylic oxidation sites excluding steroid dienone is 1. The molecular weight excluding hydrogens is 256 g/mol. The molecule has 1 rings (SSSR count). The summed E-state index contributed by atoms with van der Waals surface area (Å²) < 4.78 is 0. The van der Waals surface area contributed by atoms with Gasteiger partial charge in [-0.2, -0.15) is 5.10 Å². The number of nitrogens with two attached hydrogens (primary N) is 1. The second kappa shape index (κ2) is 8.39. The predicted octanol–water partition coefficient (Wildman–Crippen LogP) is 1.84. The Hall–Kier alpha value is -1.72. The molecule has 0 heterocycles. The standard InChI is InChI=1S/C14H20N4S/c1-18(2)11-10-13(16-17-14(15)19)9-8-12-6-4-3-5-7-12/h3-9H,10-11H2,1-2H3,(H3,15,17,19). The van der Waals surface area contributed by atoms with Crippen LogP contribution in [0.15, 0.2) is 41.5 Å². The molecule has 0 aliphatic heterocycles. The summed E-state index contributed by atoms with van der Waals surface area (Å²) in [5.41, 5.74) is 10.1. The lowest BCUT2D eigenvalue weighted by Gasteiger charge is -2.09. The summed E-state index contributed by atoms with van der Waals surface area (Å²) in [7, 11) is 4.05. The topological polar surface area (TPSA) is 53.6 Å². The number of rotatable bonds is 6. The normalized spacial score (nSPS) is 12.1. The number of hydrogen-bond donors (Lipinski definition) is 2. The maximum atomic E-state index is 5.38. The summed E-state index contributed by atoms with van der Waals surface area (Å²) in [5.74, 6) is 0. The molecular formula is C14H20N4S. The first-order valence-electron chi connectivity index (χ1n) is 6.08. The van der Waals surface area contributed by atoms with Crippen LogP contribution in [0.1, 0.15) is 12.0 Å². The largest absolute Gasteiger partial charge is 0.375 e. The quantitative estimate of drug-likeness (QED) is 0.473. The third-order valence-electron chi connectivity index (χ3n) is 2.39. The van der Waals surface area contributed by atoms with Crippen LogP contribution >= 0.6 is 12.2 Å². The summed E-state index contributed by atoms with van der Waals surface area (Å²) in [6.45, 7) is 0.914. The maximum Gasteiger partial charge on any atom is 0.184 e. The molecule has 0 spiro atoms. The van der Waals surface area contributed by atoms with Gasteiger partial charge in [-0.1, -0.05) is 36.4 Å². The molecule has 0 aliphatic carbocycles. The van der Waals surface area contributed by atoms with Crippen LogP contribution < -0.4 is 11.2 Å². The van der Waals surface area contributed by atoms with Gasteiger partial charge in [0.15, 0.2) is 5.11 Å². The molecule has 0 radical (unpaired) electrons. The Bertz CT molecular complexity index is 452. The van der Waals surface area contributed by atoms with Crippen LogP contribution in [0, 0.1) is 0 Å². The minimum Gasteiger partial charge on any atom is -0.375 e. The van der Waals surface area contributed by atoms with Crippen LogP contribution in [0.2, 0.25) is 0 Å². The molecule has 0 amide bonds. The van der Waals surface area contributed by atoms with E-state index in [9.17, 15) is 0 Å². The molecule has 0 bridgehead atoms. The predicted molar refractivity (Wildman–Crippen MR) is 86.0 cm³/mol. The van der Waals surface area contributed by atoms with Crippen LogP contribution in [-0.2, 0) is 0 Å². The van der Waals surface area contributed by atoms with Crippen molar-refractivity contribution in [3.8, 4) is 0 Å². The molecule has 4 nitrogen and oxygen atoms in total. The van der Waals surface area contributed by atoms with Gasteiger partial charge in [-0.15, -0.1) is 0 Å². The highest BCUT2D eigenvalue weighted by Crippen LogP contribution is 2.02. The van der Waals surface area contributed by atoms with E-state index < -0.39 is 0 Å². The lowest BCUT2D eigenvalue weighted by Crippen LogP contribution is -2.26. The lowest BCUT2D eigenvalue weighted by molar-refractivity contribution is 0.422. The average molecular weight is 276 g/mol. The van der Waals surface area contributed by atoms with Gasteiger partial charge in [-0.25, -0.2) is 0 Å². The Kier molecular flexibility index (Phi) is 6.78. The molecule has 5 heteroatoms.